The molecule has 0 aliphatic carbocycles. The topological polar surface area (TPSA) is 87.9 Å². The van der Waals surface area contributed by atoms with Gasteiger partial charge in [-0.3, -0.25) is 4.79 Å². The molecule has 0 aromatic heterocycles. The summed E-state index contributed by atoms with van der Waals surface area (Å²) in [5, 5.41) is 3.02. The Hall–Kier alpha value is -1.34. The molecule has 24 heavy (non-hydrogen) atoms. The molecule has 0 radical (unpaired) electrons. The van der Waals surface area contributed by atoms with Crippen molar-refractivity contribution >= 4 is 11.9 Å². The third kappa shape index (κ3) is 5.34. The Kier molecular flexibility index (Phi) is 7.30. The predicted molar refractivity (Wildman–Crippen MR) is 92.6 cm³/mol. The van der Waals surface area contributed by atoms with Crippen LogP contribution in [0.15, 0.2) is 0 Å². The van der Waals surface area contributed by atoms with E-state index in [9.17, 15) is 9.59 Å². The lowest BCUT2D eigenvalue weighted by atomic mass is 9.97. The number of urea groups is 1. The van der Waals surface area contributed by atoms with Crippen LogP contribution in [-0.2, 0) is 9.53 Å². The maximum absolute atomic E-state index is 12.3. The summed E-state index contributed by atoms with van der Waals surface area (Å²) in [6.45, 7) is 6.14. The van der Waals surface area contributed by atoms with E-state index in [1.807, 2.05) is 4.90 Å². The Labute approximate surface area is 144 Å². The van der Waals surface area contributed by atoms with E-state index < -0.39 is 0 Å². The van der Waals surface area contributed by atoms with Crippen molar-refractivity contribution in [1.82, 2.24) is 15.1 Å². The highest BCUT2D eigenvalue weighted by molar-refractivity contribution is 5.77. The molecule has 2 aliphatic rings. The van der Waals surface area contributed by atoms with Gasteiger partial charge in [-0.2, -0.15) is 0 Å². The van der Waals surface area contributed by atoms with Crippen molar-refractivity contribution in [2.75, 3.05) is 39.8 Å². The average Bonchev–Trinajstić information content (AvgIpc) is 2.58. The van der Waals surface area contributed by atoms with Crippen LogP contribution in [0.25, 0.3) is 0 Å². The van der Waals surface area contributed by atoms with Gasteiger partial charge in [-0.25, -0.2) is 4.79 Å². The van der Waals surface area contributed by atoms with Gasteiger partial charge in [0.15, 0.2) is 0 Å². The van der Waals surface area contributed by atoms with Crippen LogP contribution >= 0.6 is 0 Å². The SMILES string of the molecule is CO[C@@H]1CCN(C(=O)NCCCN2CCC[C@H](C(N)=O)C2)[C@@H](C)C1. The van der Waals surface area contributed by atoms with E-state index in [1.165, 1.54) is 0 Å². The van der Waals surface area contributed by atoms with Gasteiger partial charge in [0.25, 0.3) is 0 Å². The Balaban J connectivity index is 1.63. The van der Waals surface area contributed by atoms with Gasteiger partial charge in [0, 0.05) is 32.8 Å². The highest BCUT2D eigenvalue weighted by Gasteiger charge is 2.28. The molecular weight excluding hydrogens is 308 g/mol. The molecule has 0 aromatic carbocycles. The molecule has 0 unspecified atom stereocenters. The van der Waals surface area contributed by atoms with Gasteiger partial charge in [-0.15, -0.1) is 0 Å². The second-order valence-electron chi connectivity index (χ2n) is 7.05. The van der Waals surface area contributed by atoms with Gasteiger partial charge >= 0.3 is 6.03 Å². The van der Waals surface area contributed by atoms with E-state index in [-0.39, 0.29) is 30.0 Å². The fourth-order valence-electron chi connectivity index (χ4n) is 3.74. The summed E-state index contributed by atoms with van der Waals surface area (Å²) in [5.74, 6) is -0.210. The third-order valence-electron chi connectivity index (χ3n) is 5.26. The standard InChI is InChI=1S/C17H32N4O3/c1-13-11-15(24-2)6-10-21(13)17(23)19-7-4-9-20-8-3-5-14(12-20)16(18)22/h13-15H,3-12H2,1-2H3,(H2,18,22)(H,19,23)/t13-,14-,15+/m0/s1. The zero-order valence-corrected chi connectivity index (χ0v) is 15.0. The Morgan fingerprint density at radius 2 is 2.08 bits per heavy atom. The van der Waals surface area contributed by atoms with Crippen LogP contribution in [0.5, 0.6) is 0 Å². The molecule has 3 amide bonds. The molecule has 2 saturated heterocycles. The molecule has 2 rings (SSSR count). The van der Waals surface area contributed by atoms with E-state index >= 15 is 0 Å². The van der Waals surface area contributed by atoms with E-state index in [1.54, 1.807) is 7.11 Å². The van der Waals surface area contributed by atoms with Crippen molar-refractivity contribution in [1.29, 1.82) is 0 Å². The second kappa shape index (κ2) is 9.22. The molecule has 2 fully saturated rings. The number of methoxy groups -OCH3 is 1. The molecule has 3 N–H and O–H groups in total. The van der Waals surface area contributed by atoms with Crippen LogP contribution < -0.4 is 11.1 Å². The maximum atomic E-state index is 12.3. The van der Waals surface area contributed by atoms with Gasteiger partial charge in [-0.1, -0.05) is 0 Å². The second-order valence-corrected chi connectivity index (χ2v) is 7.05. The minimum atomic E-state index is -0.193. The van der Waals surface area contributed by atoms with Crippen LogP contribution in [0.1, 0.15) is 39.0 Å². The number of hydrogen-bond acceptors (Lipinski definition) is 4. The minimum Gasteiger partial charge on any atom is -0.381 e. The number of nitrogens with zero attached hydrogens (tertiary/aromatic N) is 2. The van der Waals surface area contributed by atoms with Crippen LogP contribution in [0, 0.1) is 5.92 Å². The largest absolute Gasteiger partial charge is 0.381 e. The Morgan fingerprint density at radius 1 is 1.29 bits per heavy atom. The van der Waals surface area contributed by atoms with E-state index in [2.05, 4.69) is 17.1 Å². The number of likely N-dealkylation sites (tertiary alicyclic amines) is 2. The summed E-state index contributed by atoms with van der Waals surface area (Å²) in [7, 11) is 1.73. The smallest absolute Gasteiger partial charge is 0.317 e. The van der Waals surface area contributed by atoms with Crippen LogP contribution in [0.2, 0.25) is 0 Å². The van der Waals surface area contributed by atoms with Crippen molar-refractivity contribution in [2.45, 2.75) is 51.2 Å². The zero-order valence-electron chi connectivity index (χ0n) is 15.0. The van der Waals surface area contributed by atoms with Gasteiger partial charge < -0.3 is 25.6 Å². The molecule has 0 bridgehead atoms. The van der Waals surface area contributed by atoms with Crippen molar-refractivity contribution in [3.8, 4) is 0 Å². The predicted octanol–water partition coefficient (Wildman–Crippen LogP) is 0.783. The summed E-state index contributed by atoms with van der Waals surface area (Å²) in [5.41, 5.74) is 5.40. The quantitative estimate of drug-likeness (QED) is 0.700. The number of nitrogens with two attached hydrogens (primary N) is 1. The van der Waals surface area contributed by atoms with Crippen LogP contribution in [-0.4, -0.2) is 73.7 Å². The normalized spacial score (nSPS) is 28.6. The molecule has 2 aliphatic heterocycles. The molecule has 0 aromatic rings. The van der Waals surface area contributed by atoms with Crippen LogP contribution in [0.4, 0.5) is 4.79 Å². The lowest BCUT2D eigenvalue weighted by Crippen LogP contribution is -2.51. The lowest BCUT2D eigenvalue weighted by molar-refractivity contribution is -0.123. The number of carbonyl (C=O) groups excluding carboxylic acids is 2. The first-order valence-electron chi connectivity index (χ1n) is 9.10. The molecule has 7 nitrogen and oxygen atoms in total. The molecule has 2 heterocycles. The molecule has 3 atom stereocenters. The Morgan fingerprint density at radius 3 is 2.75 bits per heavy atom. The summed E-state index contributed by atoms with van der Waals surface area (Å²) in [4.78, 5) is 27.8. The number of rotatable bonds is 6. The van der Waals surface area contributed by atoms with E-state index in [0.717, 1.165) is 58.3 Å². The number of piperidine rings is 2. The summed E-state index contributed by atoms with van der Waals surface area (Å²) in [6, 6.07) is 0.229. The molecular formula is C17H32N4O3. The first-order valence-corrected chi connectivity index (χ1v) is 9.10. The maximum Gasteiger partial charge on any atom is 0.317 e. The zero-order chi connectivity index (χ0) is 17.5. The number of hydrogen-bond donors (Lipinski definition) is 2. The number of nitrogens with one attached hydrogen (secondary N) is 1. The van der Waals surface area contributed by atoms with E-state index in [0.29, 0.717) is 6.54 Å². The van der Waals surface area contributed by atoms with Crippen molar-refractivity contribution in [2.24, 2.45) is 11.7 Å². The number of carbonyl (C=O) groups is 2. The minimum absolute atomic E-state index is 0.0173. The highest BCUT2D eigenvalue weighted by Crippen LogP contribution is 2.19. The number of primary amides is 1. The van der Waals surface area contributed by atoms with Gasteiger partial charge in [-0.05, 0) is 52.1 Å². The number of amides is 3. The van der Waals surface area contributed by atoms with Gasteiger partial charge in [0.1, 0.15) is 0 Å². The van der Waals surface area contributed by atoms with E-state index in [4.69, 9.17) is 10.5 Å². The van der Waals surface area contributed by atoms with Crippen LogP contribution in [0.3, 0.4) is 0 Å². The fraction of sp³-hybridized carbons (Fsp3) is 0.882. The highest BCUT2D eigenvalue weighted by atomic mass is 16.5. The van der Waals surface area contributed by atoms with Crippen molar-refractivity contribution in [3.05, 3.63) is 0 Å². The van der Waals surface area contributed by atoms with Gasteiger partial charge in [0.2, 0.25) is 5.91 Å². The summed E-state index contributed by atoms with van der Waals surface area (Å²) in [6.07, 6.45) is 4.87. The molecule has 7 heteroatoms. The summed E-state index contributed by atoms with van der Waals surface area (Å²) >= 11 is 0. The third-order valence-corrected chi connectivity index (χ3v) is 5.26. The van der Waals surface area contributed by atoms with Gasteiger partial charge in [0.05, 0.1) is 12.0 Å². The van der Waals surface area contributed by atoms with Crippen molar-refractivity contribution < 1.29 is 14.3 Å². The summed E-state index contributed by atoms with van der Waals surface area (Å²) < 4.78 is 5.38. The fourth-order valence-corrected chi connectivity index (χ4v) is 3.74. The average molecular weight is 340 g/mol. The number of ether oxygens (including phenoxy) is 1. The monoisotopic (exact) mass is 340 g/mol. The lowest BCUT2D eigenvalue weighted by Gasteiger charge is -2.37. The van der Waals surface area contributed by atoms with Crippen molar-refractivity contribution in [3.63, 3.8) is 0 Å². The first-order chi connectivity index (χ1) is 11.5. The molecule has 0 saturated carbocycles. The Bertz CT molecular complexity index is 432. The first kappa shape index (κ1) is 19.0. The molecule has 0 spiro atoms. The molecule has 138 valence electrons.